The van der Waals surface area contributed by atoms with E-state index in [0.29, 0.717) is 4.90 Å². The normalized spacial score (nSPS) is 13.0. The standard InChI is InChI=1S/C18H22BrNO2S/c1-3-4-5-15-6-12-18(13-7-15)23(21,22)20-14(2)16-8-10-17(19)11-9-16/h6-14,20H,3-5H2,1-2H3. The number of nitrogens with one attached hydrogen (secondary N) is 1. The van der Waals surface area contributed by atoms with Gasteiger partial charge in [-0.15, -0.1) is 0 Å². The average molecular weight is 396 g/mol. The molecule has 3 nitrogen and oxygen atoms in total. The van der Waals surface area contributed by atoms with Crippen LogP contribution >= 0.6 is 15.9 Å². The summed E-state index contributed by atoms with van der Waals surface area (Å²) in [6, 6.07) is 14.5. The second-order valence-electron chi connectivity index (χ2n) is 5.64. The minimum absolute atomic E-state index is 0.284. The molecule has 124 valence electrons. The van der Waals surface area contributed by atoms with Gasteiger partial charge in [-0.3, -0.25) is 0 Å². The Morgan fingerprint density at radius 2 is 1.65 bits per heavy atom. The van der Waals surface area contributed by atoms with Gasteiger partial charge in [0.25, 0.3) is 0 Å². The molecule has 5 heteroatoms. The first-order valence-electron chi connectivity index (χ1n) is 7.79. The summed E-state index contributed by atoms with van der Waals surface area (Å²) in [6.45, 7) is 3.99. The van der Waals surface area contributed by atoms with Crippen molar-refractivity contribution in [1.82, 2.24) is 4.72 Å². The lowest BCUT2D eigenvalue weighted by molar-refractivity contribution is 0.567. The quantitative estimate of drug-likeness (QED) is 0.729. The maximum atomic E-state index is 12.5. The Labute approximate surface area is 147 Å². The van der Waals surface area contributed by atoms with Crippen LogP contribution in [0.3, 0.4) is 0 Å². The Hall–Kier alpha value is -1.17. The Morgan fingerprint density at radius 1 is 1.04 bits per heavy atom. The number of halogens is 1. The molecule has 2 aromatic rings. The fourth-order valence-corrected chi connectivity index (χ4v) is 3.83. The van der Waals surface area contributed by atoms with Gasteiger partial charge in [0, 0.05) is 10.5 Å². The number of sulfonamides is 1. The van der Waals surface area contributed by atoms with Crippen LogP contribution < -0.4 is 4.72 Å². The highest BCUT2D eigenvalue weighted by Crippen LogP contribution is 2.20. The molecule has 0 bridgehead atoms. The minimum Gasteiger partial charge on any atom is -0.207 e. The smallest absolute Gasteiger partial charge is 0.207 e. The van der Waals surface area contributed by atoms with Crippen LogP contribution in [0.15, 0.2) is 57.9 Å². The van der Waals surface area contributed by atoms with Crippen LogP contribution in [0.1, 0.15) is 43.9 Å². The summed E-state index contributed by atoms with van der Waals surface area (Å²) in [5, 5.41) is 0. The van der Waals surface area contributed by atoms with E-state index < -0.39 is 10.0 Å². The van der Waals surface area contributed by atoms with E-state index >= 15 is 0 Å². The number of benzene rings is 2. The third kappa shape index (κ3) is 5.16. The molecule has 0 aliphatic heterocycles. The number of aryl methyl sites for hydroxylation is 1. The zero-order chi connectivity index (χ0) is 16.9. The molecular weight excluding hydrogens is 374 g/mol. The van der Waals surface area contributed by atoms with Gasteiger partial charge in [0.1, 0.15) is 0 Å². The molecule has 0 saturated heterocycles. The fourth-order valence-electron chi connectivity index (χ4n) is 2.34. The van der Waals surface area contributed by atoms with Crippen LogP contribution in [0, 0.1) is 0 Å². The lowest BCUT2D eigenvalue weighted by atomic mass is 10.1. The molecule has 0 aliphatic carbocycles. The Bertz CT molecular complexity index is 725. The Kier molecular flexibility index (Phi) is 6.39. The van der Waals surface area contributed by atoms with E-state index in [2.05, 4.69) is 27.6 Å². The summed E-state index contributed by atoms with van der Waals surface area (Å²) < 4.78 is 28.7. The van der Waals surface area contributed by atoms with Crippen LogP contribution in [0.4, 0.5) is 0 Å². The molecule has 0 amide bonds. The first-order chi connectivity index (χ1) is 10.9. The summed E-state index contributed by atoms with van der Waals surface area (Å²) in [5.41, 5.74) is 2.10. The molecule has 0 aromatic heterocycles. The SMILES string of the molecule is CCCCc1ccc(S(=O)(=O)NC(C)c2ccc(Br)cc2)cc1. The lowest BCUT2D eigenvalue weighted by Crippen LogP contribution is -2.26. The highest BCUT2D eigenvalue weighted by molar-refractivity contribution is 9.10. The molecule has 1 unspecified atom stereocenters. The van der Waals surface area contributed by atoms with Crippen LogP contribution in [-0.2, 0) is 16.4 Å². The van der Waals surface area contributed by atoms with Crippen molar-refractivity contribution < 1.29 is 8.42 Å². The second-order valence-corrected chi connectivity index (χ2v) is 8.27. The van der Waals surface area contributed by atoms with E-state index in [-0.39, 0.29) is 6.04 Å². The van der Waals surface area contributed by atoms with Crippen LogP contribution in [0.5, 0.6) is 0 Å². The zero-order valence-electron chi connectivity index (χ0n) is 13.4. The van der Waals surface area contributed by atoms with E-state index in [0.717, 1.165) is 29.3 Å². The van der Waals surface area contributed by atoms with E-state index in [9.17, 15) is 8.42 Å². The zero-order valence-corrected chi connectivity index (χ0v) is 15.8. The molecule has 1 N–H and O–H groups in total. The lowest BCUT2D eigenvalue weighted by Gasteiger charge is -2.15. The Balaban J connectivity index is 2.10. The molecule has 2 aromatic carbocycles. The van der Waals surface area contributed by atoms with Crippen LogP contribution in [-0.4, -0.2) is 8.42 Å². The van der Waals surface area contributed by atoms with E-state index in [1.54, 1.807) is 12.1 Å². The van der Waals surface area contributed by atoms with Crippen molar-refractivity contribution in [2.45, 2.75) is 44.0 Å². The molecule has 0 heterocycles. The molecule has 0 saturated carbocycles. The fraction of sp³-hybridized carbons (Fsp3) is 0.333. The highest BCUT2D eigenvalue weighted by Gasteiger charge is 2.18. The van der Waals surface area contributed by atoms with Crippen molar-refractivity contribution in [3.8, 4) is 0 Å². The third-order valence-corrected chi connectivity index (χ3v) is 5.84. The van der Waals surface area contributed by atoms with E-state index in [1.165, 1.54) is 5.56 Å². The predicted octanol–water partition coefficient (Wildman–Crippen LogP) is 4.83. The molecular formula is C18H22BrNO2S. The van der Waals surface area contributed by atoms with E-state index in [1.807, 2.05) is 43.3 Å². The summed E-state index contributed by atoms with van der Waals surface area (Å²) in [7, 11) is -3.52. The Morgan fingerprint density at radius 3 is 2.22 bits per heavy atom. The van der Waals surface area contributed by atoms with Gasteiger partial charge in [-0.2, -0.15) is 0 Å². The average Bonchev–Trinajstić information content (AvgIpc) is 2.53. The molecule has 0 radical (unpaired) electrons. The monoisotopic (exact) mass is 395 g/mol. The van der Waals surface area contributed by atoms with Gasteiger partial charge in [-0.25, -0.2) is 13.1 Å². The third-order valence-electron chi connectivity index (χ3n) is 3.75. The maximum Gasteiger partial charge on any atom is 0.241 e. The summed E-state index contributed by atoms with van der Waals surface area (Å²) in [4.78, 5) is 0.307. The highest BCUT2D eigenvalue weighted by atomic mass is 79.9. The number of hydrogen-bond donors (Lipinski definition) is 1. The molecule has 0 aliphatic rings. The number of hydrogen-bond acceptors (Lipinski definition) is 2. The van der Waals surface area contributed by atoms with Gasteiger partial charge in [-0.1, -0.05) is 53.5 Å². The largest absolute Gasteiger partial charge is 0.241 e. The topological polar surface area (TPSA) is 46.2 Å². The molecule has 0 spiro atoms. The first-order valence-corrected chi connectivity index (χ1v) is 10.1. The summed E-state index contributed by atoms with van der Waals surface area (Å²) in [6.07, 6.45) is 3.23. The molecule has 0 fully saturated rings. The van der Waals surface area contributed by atoms with Crippen molar-refractivity contribution in [1.29, 1.82) is 0 Å². The van der Waals surface area contributed by atoms with Gasteiger partial charge in [0.05, 0.1) is 4.90 Å². The predicted molar refractivity (Wildman–Crippen MR) is 97.9 cm³/mol. The van der Waals surface area contributed by atoms with Crippen molar-refractivity contribution in [3.63, 3.8) is 0 Å². The molecule has 23 heavy (non-hydrogen) atoms. The minimum atomic E-state index is -3.52. The van der Waals surface area contributed by atoms with Gasteiger partial charge < -0.3 is 0 Å². The number of rotatable bonds is 7. The van der Waals surface area contributed by atoms with Crippen molar-refractivity contribution in [2.24, 2.45) is 0 Å². The maximum absolute atomic E-state index is 12.5. The van der Waals surface area contributed by atoms with Crippen molar-refractivity contribution in [3.05, 3.63) is 64.1 Å². The van der Waals surface area contributed by atoms with Gasteiger partial charge >= 0.3 is 0 Å². The second kappa shape index (κ2) is 8.08. The summed E-state index contributed by atoms with van der Waals surface area (Å²) >= 11 is 3.38. The molecule has 2 rings (SSSR count). The van der Waals surface area contributed by atoms with Crippen molar-refractivity contribution >= 4 is 26.0 Å². The van der Waals surface area contributed by atoms with E-state index in [4.69, 9.17) is 0 Å². The van der Waals surface area contributed by atoms with Crippen LogP contribution in [0.25, 0.3) is 0 Å². The first kappa shape index (κ1) is 18.2. The van der Waals surface area contributed by atoms with Crippen LogP contribution in [0.2, 0.25) is 0 Å². The van der Waals surface area contributed by atoms with Gasteiger partial charge in [-0.05, 0) is 55.2 Å². The molecule has 1 atom stereocenters. The summed E-state index contributed by atoms with van der Waals surface area (Å²) in [5.74, 6) is 0. The van der Waals surface area contributed by atoms with Gasteiger partial charge in [0.2, 0.25) is 10.0 Å². The van der Waals surface area contributed by atoms with Crippen molar-refractivity contribution in [2.75, 3.05) is 0 Å². The van der Waals surface area contributed by atoms with Gasteiger partial charge in [0.15, 0.2) is 0 Å². The number of unbranched alkanes of at least 4 members (excludes halogenated alkanes) is 1.